The number of rotatable bonds is 10. The molecule has 2 heterocycles. The number of non-ortho nitro benzene ring substituents is 2. The summed E-state index contributed by atoms with van der Waals surface area (Å²) in [7, 11) is 2.11. The summed E-state index contributed by atoms with van der Waals surface area (Å²) in [6.45, 7) is 3.54. The van der Waals surface area contributed by atoms with Crippen LogP contribution in [-0.4, -0.2) is 57.8 Å². The van der Waals surface area contributed by atoms with Crippen molar-refractivity contribution < 1.29 is 9.85 Å². The zero-order chi connectivity index (χ0) is 26.9. The molecule has 4 rings (SSSR count). The van der Waals surface area contributed by atoms with Crippen molar-refractivity contribution in [3.63, 3.8) is 0 Å². The van der Waals surface area contributed by atoms with Crippen molar-refractivity contribution in [1.29, 1.82) is 0 Å². The van der Waals surface area contributed by atoms with Crippen LogP contribution >= 0.6 is 0 Å². The number of likely N-dealkylation sites (N-methyl/N-ethyl adjacent to an activating group) is 1. The standard InChI is InChI=1S/C29H29N5O4/c1-30(18-20-31-14-10-26(11-15-31)22-24-2-6-28(7-3-24)33(35)36)19-21-32-16-12-27(13-17-32)23-25-4-8-29(9-5-25)34(37)38/h2-17,22-23H,18-21H2,1H3. The van der Waals surface area contributed by atoms with Gasteiger partial charge in [0.15, 0.2) is 0 Å². The minimum atomic E-state index is -0.397. The molecule has 9 heteroatoms. The normalized spacial score (nSPS) is 14.4. The molecule has 0 saturated heterocycles. The molecule has 0 bridgehead atoms. The van der Waals surface area contributed by atoms with Crippen molar-refractivity contribution in [3.8, 4) is 0 Å². The van der Waals surface area contributed by atoms with Gasteiger partial charge in [-0.05, 0) is 90.0 Å². The quantitative estimate of drug-likeness (QED) is 0.303. The Hall–Kier alpha value is -4.76. The number of benzene rings is 2. The zero-order valence-corrected chi connectivity index (χ0v) is 21.1. The fourth-order valence-electron chi connectivity index (χ4n) is 3.88. The van der Waals surface area contributed by atoms with Gasteiger partial charge in [0.1, 0.15) is 0 Å². The molecule has 0 aliphatic carbocycles. The van der Waals surface area contributed by atoms with E-state index in [0.29, 0.717) is 0 Å². The topological polar surface area (TPSA) is 96.0 Å². The minimum absolute atomic E-state index is 0.0887. The smallest absolute Gasteiger partial charge is 0.269 e. The molecule has 0 spiro atoms. The highest BCUT2D eigenvalue weighted by molar-refractivity contribution is 5.62. The Morgan fingerprint density at radius 2 is 1.00 bits per heavy atom. The summed E-state index contributed by atoms with van der Waals surface area (Å²) >= 11 is 0. The number of nitro benzene ring substituents is 2. The van der Waals surface area contributed by atoms with Crippen LogP contribution in [0.25, 0.3) is 12.2 Å². The lowest BCUT2D eigenvalue weighted by atomic mass is 10.1. The molecule has 2 aromatic carbocycles. The first-order valence-corrected chi connectivity index (χ1v) is 12.2. The monoisotopic (exact) mass is 511 g/mol. The Morgan fingerprint density at radius 3 is 1.32 bits per heavy atom. The summed E-state index contributed by atoms with van der Waals surface area (Å²) in [4.78, 5) is 27.4. The summed E-state index contributed by atoms with van der Waals surface area (Å²) in [5, 5.41) is 21.6. The maximum Gasteiger partial charge on any atom is 0.269 e. The Bertz CT molecular complexity index is 1200. The zero-order valence-electron chi connectivity index (χ0n) is 21.1. The summed E-state index contributed by atoms with van der Waals surface area (Å²) in [6.07, 6.45) is 20.3. The van der Waals surface area contributed by atoms with Crippen LogP contribution in [-0.2, 0) is 0 Å². The van der Waals surface area contributed by atoms with Crippen LogP contribution in [0, 0.1) is 20.2 Å². The molecule has 0 aromatic heterocycles. The number of hydrogen-bond donors (Lipinski definition) is 0. The SMILES string of the molecule is CN(CCN1C=CC(=Cc2ccc([N+](=O)[O-])cc2)C=C1)CCN1C=CC(=Cc2ccc([N+](=O)[O-])cc2)C=C1. The van der Waals surface area contributed by atoms with E-state index in [-0.39, 0.29) is 11.4 Å². The highest BCUT2D eigenvalue weighted by atomic mass is 16.6. The predicted octanol–water partition coefficient (Wildman–Crippen LogP) is 5.59. The molecule has 0 radical (unpaired) electrons. The van der Waals surface area contributed by atoms with Gasteiger partial charge < -0.3 is 14.7 Å². The van der Waals surface area contributed by atoms with Crippen molar-refractivity contribution in [2.45, 2.75) is 0 Å². The van der Waals surface area contributed by atoms with E-state index in [4.69, 9.17) is 0 Å². The van der Waals surface area contributed by atoms with Crippen LogP contribution < -0.4 is 0 Å². The highest BCUT2D eigenvalue weighted by Crippen LogP contribution is 2.19. The third kappa shape index (κ3) is 7.62. The molecule has 0 unspecified atom stereocenters. The van der Waals surface area contributed by atoms with Gasteiger partial charge in [-0.1, -0.05) is 0 Å². The fraction of sp³-hybridized carbons (Fsp3) is 0.172. The second-order valence-corrected chi connectivity index (χ2v) is 9.03. The van der Waals surface area contributed by atoms with E-state index >= 15 is 0 Å². The van der Waals surface area contributed by atoms with Gasteiger partial charge in [0.25, 0.3) is 11.4 Å². The van der Waals surface area contributed by atoms with Crippen molar-refractivity contribution in [3.05, 3.63) is 140 Å². The molecule has 0 saturated carbocycles. The number of hydrogen-bond acceptors (Lipinski definition) is 7. The number of nitrogens with zero attached hydrogens (tertiary/aromatic N) is 5. The van der Waals surface area contributed by atoms with Crippen molar-refractivity contribution in [1.82, 2.24) is 14.7 Å². The average Bonchev–Trinajstić information content (AvgIpc) is 2.93. The lowest BCUT2D eigenvalue weighted by Crippen LogP contribution is -2.33. The van der Waals surface area contributed by atoms with Gasteiger partial charge in [-0.2, -0.15) is 0 Å². The van der Waals surface area contributed by atoms with E-state index in [1.807, 2.05) is 61.3 Å². The van der Waals surface area contributed by atoms with Crippen molar-refractivity contribution in [2.75, 3.05) is 33.2 Å². The van der Waals surface area contributed by atoms with Gasteiger partial charge >= 0.3 is 0 Å². The first kappa shape index (κ1) is 26.3. The van der Waals surface area contributed by atoms with Crippen molar-refractivity contribution in [2.24, 2.45) is 0 Å². The lowest BCUT2D eigenvalue weighted by molar-refractivity contribution is -0.385. The van der Waals surface area contributed by atoms with Crippen LogP contribution in [0.5, 0.6) is 0 Å². The number of nitro groups is 2. The van der Waals surface area contributed by atoms with Crippen LogP contribution in [0.3, 0.4) is 0 Å². The first-order valence-electron chi connectivity index (χ1n) is 12.2. The van der Waals surface area contributed by atoms with Gasteiger partial charge in [0.2, 0.25) is 0 Å². The van der Waals surface area contributed by atoms with Crippen LogP contribution in [0.2, 0.25) is 0 Å². The molecule has 194 valence electrons. The summed E-state index contributed by atoms with van der Waals surface area (Å²) in [5.74, 6) is 0. The highest BCUT2D eigenvalue weighted by Gasteiger charge is 2.08. The van der Waals surface area contributed by atoms with Gasteiger partial charge in [0.05, 0.1) is 9.85 Å². The van der Waals surface area contributed by atoms with E-state index < -0.39 is 9.85 Å². The van der Waals surface area contributed by atoms with Gasteiger partial charge in [-0.15, -0.1) is 0 Å². The molecule has 38 heavy (non-hydrogen) atoms. The Balaban J connectivity index is 1.17. The second-order valence-electron chi connectivity index (χ2n) is 9.03. The molecule has 0 atom stereocenters. The molecule has 9 nitrogen and oxygen atoms in total. The molecule has 0 amide bonds. The minimum Gasteiger partial charge on any atom is -0.353 e. The second kappa shape index (κ2) is 12.5. The third-order valence-electron chi connectivity index (χ3n) is 6.19. The van der Waals surface area contributed by atoms with E-state index in [1.54, 1.807) is 24.3 Å². The van der Waals surface area contributed by atoms with E-state index in [1.165, 1.54) is 24.3 Å². The predicted molar refractivity (Wildman–Crippen MR) is 150 cm³/mol. The number of allylic oxidation sites excluding steroid dienone is 6. The fourth-order valence-corrected chi connectivity index (χ4v) is 3.88. The maximum atomic E-state index is 10.8. The van der Waals surface area contributed by atoms with E-state index in [9.17, 15) is 20.2 Å². The largest absolute Gasteiger partial charge is 0.353 e. The molecular weight excluding hydrogens is 482 g/mol. The summed E-state index contributed by atoms with van der Waals surface area (Å²) in [6, 6.07) is 13.0. The van der Waals surface area contributed by atoms with Gasteiger partial charge in [-0.25, -0.2) is 0 Å². The molecule has 0 fully saturated rings. The molecule has 2 aromatic rings. The summed E-state index contributed by atoms with van der Waals surface area (Å²) in [5.41, 5.74) is 4.09. The Labute approximate surface area is 221 Å². The van der Waals surface area contributed by atoms with E-state index in [2.05, 4.69) is 21.7 Å². The third-order valence-corrected chi connectivity index (χ3v) is 6.19. The Kier molecular flexibility index (Phi) is 8.63. The Morgan fingerprint density at radius 1 is 0.658 bits per heavy atom. The average molecular weight is 512 g/mol. The van der Waals surface area contributed by atoms with Crippen molar-refractivity contribution >= 4 is 23.5 Å². The molecule has 0 N–H and O–H groups in total. The molecular formula is C29H29N5O4. The summed E-state index contributed by atoms with van der Waals surface area (Å²) < 4.78 is 0. The molecule has 2 aliphatic rings. The van der Waals surface area contributed by atoms with Crippen LogP contribution in [0.15, 0.2) is 109 Å². The van der Waals surface area contributed by atoms with Gasteiger partial charge in [-0.3, -0.25) is 20.2 Å². The first-order chi connectivity index (χ1) is 18.4. The lowest BCUT2D eigenvalue weighted by Gasteiger charge is -2.25. The molecule has 2 aliphatic heterocycles. The maximum absolute atomic E-state index is 10.8. The van der Waals surface area contributed by atoms with Crippen LogP contribution in [0.4, 0.5) is 11.4 Å². The van der Waals surface area contributed by atoms with E-state index in [0.717, 1.165) is 48.5 Å². The van der Waals surface area contributed by atoms with Crippen LogP contribution in [0.1, 0.15) is 11.1 Å². The van der Waals surface area contributed by atoms with Gasteiger partial charge in [0, 0.05) is 75.2 Å².